The van der Waals surface area contributed by atoms with E-state index < -0.39 is 4.92 Å². The summed E-state index contributed by atoms with van der Waals surface area (Å²) in [6.45, 7) is 2.75. The van der Waals surface area contributed by atoms with Crippen LogP contribution in [-0.4, -0.2) is 23.7 Å². The lowest BCUT2D eigenvalue weighted by atomic mass is 10.1. The van der Waals surface area contributed by atoms with Gasteiger partial charge in [-0.15, -0.1) is 0 Å². The van der Waals surface area contributed by atoms with Crippen LogP contribution in [-0.2, 0) is 17.8 Å². The van der Waals surface area contributed by atoms with Crippen LogP contribution >= 0.6 is 31.9 Å². The number of rotatable bonds is 10. The predicted molar refractivity (Wildman–Crippen MR) is 136 cm³/mol. The molecule has 176 valence electrons. The Morgan fingerprint density at radius 3 is 2.24 bits per heavy atom. The number of carbonyl (C=O) groups is 1. The number of non-ortho nitro benzene ring substituents is 1. The average molecular weight is 591 g/mol. The van der Waals surface area contributed by atoms with E-state index in [4.69, 9.17) is 9.47 Å². The number of hydrazone groups is 1. The summed E-state index contributed by atoms with van der Waals surface area (Å²) in [7, 11) is 0. The van der Waals surface area contributed by atoms with Crippen molar-refractivity contribution in [1.82, 2.24) is 5.43 Å². The molecule has 34 heavy (non-hydrogen) atoms. The van der Waals surface area contributed by atoms with Crippen LogP contribution in [0.15, 0.2) is 74.7 Å². The summed E-state index contributed by atoms with van der Waals surface area (Å²) in [6, 6.07) is 17.1. The van der Waals surface area contributed by atoms with Gasteiger partial charge in [0.25, 0.3) is 5.69 Å². The zero-order valence-corrected chi connectivity index (χ0v) is 21.3. The first-order valence-electron chi connectivity index (χ1n) is 10.2. The topological polar surface area (TPSA) is 103 Å². The lowest BCUT2D eigenvalue weighted by Crippen LogP contribution is -2.19. The monoisotopic (exact) mass is 589 g/mol. The maximum absolute atomic E-state index is 12.1. The van der Waals surface area contributed by atoms with Gasteiger partial charge in [-0.25, -0.2) is 5.43 Å². The molecule has 0 aromatic heterocycles. The smallest absolute Gasteiger partial charge is 0.269 e. The number of nitro groups is 1. The minimum absolute atomic E-state index is 0.0290. The minimum atomic E-state index is -0.444. The van der Waals surface area contributed by atoms with Crippen LogP contribution in [0.3, 0.4) is 0 Å². The molecule has 0 heterocycles. The molecule has 3 rings (SSSR count). The van der Waals surface area contributed by atoms with E-state index in [9.17, 15) is 14.9 Å². The Morgan fingerprint density at radius 1 is 1.03 bits per heavy atom. The Labute approximate surface area is 213 Å². The number of hydrogen-bond acceptors (Lipinski definition) is 6. The van der Waals surface area contributed by atoms with E-state index in [1.54, 1.807) is 24.3 Å². The van der Waals surface area contributed by atoms with Gasteiger partial charge in [0, 0.05) is 12.1 Å². The maximum atomic E-state index is 12.1. The van der Waals surface area contributed by atoms with E-state index in [1.165, 1.54) is 18.3 Å². The van der Waals surface area contributed by atoms with Gasteiger partial charge in [-0.05, 0) is 91.9 Å². The molecule has 3 aromatic carbocycles. The summed E-state index contributed by atoms with van der Waals surface area (Å²) in [5.41, 5.74) is 4.94. The number of hydrogen-bond donors (Lipinski definition) is 1. The molecule has 0 atom stereocenters. The fourth-order valence-corrected chi connectivity index (χ4v) is 4.39. The van der Waals surface area contributed by atoms with Gasteiger partial charge in [0.2, 0.25) is 5.91 Å². The Hall–Kier alpha value is -3.24. The van der Waals surface area contributed by atoms with Gasteiger partial charge < -0.3 is 9.47 Å². The highest BCUT2D eigenvalue weighted by Crippen LogP contribution is 2.35. The number of carbonyl (C=O) groups excluding carboxylic acids is 1. The highest BCUT2D eigenvalue weighted by molar-refractivity contribution is 9.11. The Balaban J connectivity index is 1.55. The third kappa shape index (κ3) is 7.39. The molecule has 0 saturated heterocycles. The first kappa shape index (κ1) is 25.4. The first-order valence-corrected chi connectivity index (χ1v) is 11.8. The van der Waals surface area contributed by atoms with E-state index >= 15 is 0 Å². The molecule has 10 heteroatoms. The van der Waals surface area contributed by atoms with Gasteiger partial charge >= 0.3 is 0 Å². The Bertz CT molecular complexity index is 1160. The molecule has 3 aromatic rings. The number of ether oxygens (including phenoxy) is 2. The molecule has 0 unspecified atom stereocenters. The number of amides is 1. The largest absolute Gasteiger partial charge is 0.494 e. The Kier molecular flexibility index (Phi) is 9.17. The van der Waals surface area contributed by atoms with Crippen LogP contribution < -0.4 is 14.9 Å². The summed E-state index contributed by atoms with van der Waals surface area (Å²) >= 11 is 6.96. The molecule has 0 aliphatic rings. The summed E-state index contributed by atoms with van der Waals surface area (Å²) < 4.78 is 12.6. The number of nitrogens with zero attached hydrogens (tertiary/aromatic N) is 2. The number of nitrogens with one attached hydrogen (secondary N) is 1. The number of nitro benzene ring substituents is 1. The zero-order chi connectivity index (χ0) is 24.5. The van der Waals surface area contributed by atoms with Gasteiger partial charge in [0.1, 0.15) is 18.1 Å². The van der Waals surface area contributed by atoms with Gasteiger partial charge in [0.05, 0.1) is 33.1 Å². The molecule has 8 nitrogen and oxygen atoms in total. The minimum Gasteiger partial charge on any atom is -0.494 e. The van der Waals surface area contributed by atoms with Crippen molar-refractivity contribution in [2.24, 2.45) is 5.10 Å². The lowest BCUT2D eigenvalue weighted by Gasteiger charge is -2.11. The number of halogens is 2. The van der Waals surface area contributed by atoms with Crippen molar-refractivity contribution in [2.45, 2.75) is 20.0 Å². The van der Waals surface area contributed by atoms with Crippen molar-refractivity contribution >= 4 is 49.7 Å². The van der Waals surface area contributed by atoms with Crippen molar-refractivity contribution in [3.8, 4) is 11.5 Å². The van der Waals surface area contributed by atoms with Crippen LogP contribution in [0.25, 0.3) is 0 Å². The molecule has 0 aliphatic carbocycles. The second kappa shape index (κ2) is 12.3. The van der Waals surface area contributed by atoms with E-state index in [-0.39, 0.29) is 24.6 Å². The molecule has 0 radical (unpaired) electrons. The van der Waals surface area contributed by atoms with Crippen molar-refractivity contribution in [1.29, 1.82) is 0 Å². The zero-order valence-electron chi connectivity index (χ0n) is 18.2. The molecular formula is C24H21Br2N3O5. The van der Waals surface area contributed by atoms with Crippen molar-refractivity contribution in [3.05, 3.63) is 96.4 Å². The van der Waals surface area contributed by atoms with E-state index in [2.05, 4.69) is 42.4 Å². The molecule has 0 fully saturated rings. The second-order valence-corrected chi connectivity index (χ2v) is 8.78. The van der Waals surface area contributed by atoms with E-state index in [0.717, 1.165) is 22.4 Å². The summed E-state index contributed by atoms with van der Waals surface area (Å²) in [5, 5.41) is 14.8. The van der Waals surface area contributed by atoms with Crippen LogP contribution in [0.1, 0.15) is 23.6 Å². The fourth-order valence-electron chi connectivity index (χ4n) is 2.94. The highest BCUT2D eigenvalue weighted by Gasteiger charge is 2.10. The van der Waals surface area contributed by atoms with Crippen LogP contribution in [0, 0.1) is 10.1 Å². The molecule has 1 amide bonds. The maximum Gasteiger partial charge on any atom is 0.269 e. The molecular weight excluding hydrogens is 570 g/mol. The fraction of sp³-hybridized carbons (Fsp3) is 0.167. The van der Waals surface area contributed by atoms with Gasteiger partial charge in [-0.3, -0.25) is 14.9 Å². The lowest BCUT2D eigenvalue weighted by molar-refractivity contribution is -0.384. The van der Waals surface area contributed by atoms with Crippen LogP contribution in [0.2, 0.25) is 0 Å². The molecule has 0 saturated carbocycles. The average Bonchev–Trinajstić information content (AvgIpc) is 2.80. The van der Waals surface area contributed by atoms with Gasteiger partial charge in [-0.2, -0.15) is 5.10 Å². The third-order valence-corrected chi connectivity index (χ3v) is 5.73. The quantitative estimate of drug-likeness (QED) is 0.183. The van der Waals surface area contributed by atoms with E-state index in [0.29, 0.717) is 21.3 Å². The molecule has 0 aliphatic heterocycles. The summed E-state index contributed by atoms with van der Waals surface area (Å²) in [5.74, 6) is 1.11. The van der Waals surface area contributed by atoms with Crippen LogP contribution in [0.4, 0.5) is 5.69 Å². The van der Waals surface area contributed by atoms with Gasteiger partial charge in [-0.1, -0.05) is 12.1 Å². The summed E-state index contributed by atoms with van der Waals surface area (Å²) in [4.78, 5) is 22.5. The number of benzene rings is 3. The standard InChI is InChI=1S/C24H21Br2N3O5/c1-2-33-20-9-5-16(6-10-20)13-23(30)28-27-14-18-11-21(25)24(22(26)12-18)34-15-17-3-7-19(8-4-17)29(31)32/h3-12,14H,2,13,15H2,1H3,(H,28,30)/b27-14+. The normalized spacial score (nSPS) is 10.8. The molecule has 1 N–H and O–H groups in total. The SMILES string of the molecule is CCOc1ccc(CC(=O)N/N=C/c2cc(Br)c(OCc3ccc([N+](=O)[O-])cc3)c(Br)c2)cc1. The predicted octanol–water partition coefficient (Wildman–Crippen LogP) is 5.79. The highest BCUT2D eigenvalue weighted by atomic mass is 79.9. The van der Waals surface area contributed by atoms with Crippen molar-refractivity contribution in [3.63, 3.8) is 0 Å². The first-order chi connectivity index (χ1) is 16.4. The van der Waals surface area contributed by atoms with Gasteiger partial charge in [0.15, 0.2) is 0 Å². The summed E-state index contributed by atoms with van der Waals surface area (Å²) in [6.07, 6.45) is 1.73. The third-order valence-electron chi connectivity index (χ3n) is 4.55. The van der Waals surface area contributed by atoms with Crippen LogP contribution in [0.5, 0.6) is 11.5 Å². The second-order valence-electron chi connectivity index (χ2n) is 7.07. The molecule has 0 spiro atoms. The van der Waals surface area contributed by atoms with Crippen molar-refractivity contribution in [2.75, 3.05) is 6.61 Å². The van der Waals surface area contributed by atoms with E-state index in [1.807, 2.05) is 31.2 Å². The molecule has 0 bridgehead atoms. The van der Waals surface area contributed by atoms with Crippen molar-refractivity contribution < 1.29 is 19.2 Å². The Morgan fingerprint density at radius 2 is 1.65 bits per heavy atom.